The summed E-state index contributed by atoms with van der Waals surface area (Å²) in [4.78, 5) is 11.5. The van der Waals surface area contributed by atoms with Gasteiger partial charge in [0.05, 0.1) is 17.2 Å². The van der Waals surface area contributed by atoms with Gasteiger partial charge in [0.25, 0.3) is 5.91 Å². The Bertz CT molecular complexity index is 606. The van der Waals surface area contributed by atoms with Crippen molar-refractivity contribution in [1.29, 1.82) is 5.26 Å². The molecule has 0 atom stereocenters. The van der Waals surface area contributed by atoms with Crippen LogP contribution in [0.4, 0.5) is 0 Å². The van der Waals surface area contributed by atoms with Gasteiger partial charge in [0.2, 0.25) is 0 Å². The quantitative estimate of drug-likeness (QED) is 0.415. The van der Waals surface area contributed by atoms with Crippen LogP contribution in [0.25, 0.3) is 10.9 Å². The van der Waals surface area contributed by atoms with Crippen molar-refractivity contribution < 1.29 is 4.79 Å². The van der Waals surface area contributed by atoms with E-state index in [4.69, 9.17) is 11.1 Å². The van der Waals surface area contributed by atoms with Crippen molar-refractivity contribution in [2.75, 3.05) is 0 Å². The summed E-state index contributed by atoms with van der Waals surface area (Å²) >= 11 is 0. The summed E-state index contributed by atoms with van der Waals surface area (Å²) in [6.07, 6.45) is 1.69. The summed E-state index contributed by atoms with van der Waals surface area (Å²) in [7, 11) is 1.83. The number of aryl methyl sites for hydroxylation is 1. The van der Waals surface area contributed by atoms with Crippen LogP contribution in [-0.4, -0.2) is 10.5 Å². The number of nitrogens with zero attached hydrogens (tertiary/aromatic N) is 2. The van der Waals surface area contributed by atoms with Crippen LogP contribution in [-0.2, 0) is 7.05 Å². The van der Waals surface area contributed by atoms with E-state index in [1.807, 2.05) is 17.7 Å². The maximum atomic E-state index is 11.5. The lowest BCUT2D eigenvalue weighted by Crippen LogP contribution is -2.29. The first-order chi connectivity index (χ1) is 7.67. The maximum absolute atomic E-state index is 11.5. The molecule has 0 bridgehead atoms. The molecule has 1 aromatic heterocycles. The van der Waals surface area contributed by atoms with Gasteiger partial charge in [-0.15, -0.1) is 0 Å². The van der Waals surface area contributed by atoms with Gasteiger partial charge in [-0.1, -0.05) is 0 Å². The van der Waals surface area contributed by atoms with E-state index < -0.39 is 0 Å². The van der Waals surface area contributed by atoms with Crippen molar-refractivity contribution in [2.24, 2.45) is 12.9 Å². The molecule has 3 N–H and O–H groups in total. The molecule has 1 amide bonds. The van der Waals surface area contributed by atoms with E-state index in [-0.39, 0.29) is 5.91 Å². The molecule has 0 saturated carbocycles. The van der Waals surface area contributed by atoms with Crippen LogP contribution in [0.3, 0.4) is 0 Å². The maximum Gasteiger partial charge on any atom is 0.267 e. The zero-order valence-electron chi connectivity index (χ0n) is 8.69. The second kappa shape index (κ2) is 3.68. The van der Waals surface area contributed by atoms with Crippen LogP contribution >= 0.6 is 0 Å². The number of carbonyl (C=O) groups excluding carboxylic acids is 1. The zero-order chi connectivity index (χ0) is 11.7. The largest absolute Gasteiger partial charge is 0.350 e. The molecule has 0 aliphatic carbocycles. The van der Waals surface area contributed by atoms with E-state index in [0.717, 1.165) is 10.9 Å². The standard InChI is InChI=1S/C11H10N4O/c1-15-6-9(11(16)14-13)8-4-7(5-12)2-3-10(8)15/h2-4,6H,13H2,1H3,(H,14,16). The molecular formula is C11H10N4O. The monoisotopic (exact) mass is 214 g/mol. The van der Waals surface area contributed by atoms with Gasteiger partial charge >= 0.3 is 0 Å². The van der Waals surface area contributed by atoms with Gasteiger partial charge in [-0.05, 0) is 18.2 Å². The lowest BCUT2D eigenvalue weighted by Gasteiger charge is -1.97. The van der Waals surface area contributed by atoms with Crippen LogP contribution in [0.1, 0.15) is 15.9 Å². The molecule has 1 heterocycles. The first-order valence-electron chi connectivity index (χ1n) is 4.67. The SMILES string of the molecule is Cn1cc(C(=O)NN)c2cc(C#N)ccc21. The molecule has 0 unspecified atom stereocenters. The number of nitrogens with one attached hydrogen (secondary N) is 1. The predicted octanol–water partition coefficient (Wildman–Crippen LogP) is 0.653. The topological polar surface area (TPSA) is 83.8 Å². The number of amides is 1. The zero-order valence-corrected chi connectivity index (χ0v) is 8.69. The van der Waals surface area contributed by atoms with Crippen molar-refractivity contribution in [3.63, 3.8) is 0 Å². The van der Waals surface area contributed by atoms with Crippen LogP contribution in [0, 0.1) is 11.3 Å². The molecule has 5 nitrogen and oxygen atoms in total. The number of hydrazine groups is 1. The highest BCUT2D eigenvalue weighted by molar-refractivity contribution is 6.07. The number of nitrogen functional groups attached to an aromatic ring is 1. The van der Waals surface area contributed by atoms with Crippen LogP contribution in [0.5, 0.6) is 0 Å². The molecule has 2 rings (SSSR count). The second-order valence-electron chi connectivity index (χ2n) is 3.47. The van der Waals surface area contributed by atoms with E-state index in [1.165, 1.54) is 0 Å². The Morgan fingerprint density at radius 2 is 2.31 bits per heavy atom. The van der Waals surface area contributed by atoms with Crippen molar-refractivity contribution in [1.82, 2.24) is 9.99 Å². The van der Waals surface area contributed by atoms with Gasteiger partial charge in [-0.3, -0.25) is 10.2 Å². The second-order valence-corrected chi connectivity index (χ2v) is 3.47. The summed E-state index contributed by atoms with van der Waals surface area (Å²) in [5, 5.41) is 9.53. The van der Waals surface area contributed by atoms with Crippen molar-refractivity contribution in [3.8, 4) is 6.07 Å². The fraction of sp³-hybridized carbons (Fsp3) is 0.0909. The number of nitriles is 1. The number of benzene rings is 1. The average molecular weight is 214 g/mol. The average Bonchev–Trinajstić information content (AvgIpc) is 2.65. The van der Waals surface area contributed by atoms with Gasteiger partial charge in [0, 0.05) is 24.1 Å². The Morgan fingerprint density at radius 1 is 1.56 bits per heavy atom. The van der Waals surface area contributed by atoms with Gasteiger partial charge in [0.1, 0.15) is 0 Å². The van der Waals surface area contributed by atoms with Crippen molar-refractivity contribution in [3.05, 3.63) is 35.5 Å². The molecule has 5 heteroatoms. The highest BCUT2D eigenvalue weighted by Gasteiger charge is 2.13. The van der Waals surface area contributed by atoms with Gasteiger partial charge in [-0.25, -0.2) is 5.84 Å². The molecule has 0 saturated heterocycles. The first kappa shape index (κ1) is 10.2. The summed E-state index contributed by atoms with van der Waals surface area (Å²) < 4.78 is 1.82. The molecular weight excluding hydrogens is 204 g/mol. The fourth-order valence-electron chi connectivity index (χ4n) is 1.72. The van der Waals surface area contributed by atoms with E-state index in [0.29, 0.717) is 11.1 Å². The number of aromatic nitrogens is 1. The smallest absolute Gasteiger partial charge is 0.267 e. The Labute approximate surface area is 92.0 Å². The van der Waals surface area contributed by atoms with Crippen LogP contribution in [0.2, 0.25) is 0 Å². The molecule has 80 valence electrons. The number of nitrogens with two attached hydrogens (primary N) is 1. The number of rotatable bonds is 1. The number of carbonyl (C=O) groups is 1. The Balaban J connectivity index is 2.76. The van der Waals surface area contributed by atoms with E-state index >= 15 is 0 Å². The highest BCUT2D eigenvalue weighted by atomic mass is 16.2. The molecule has 0 radical (unpaired) electrons. The highest BCUT2D eigenvalue weighted by Crippen LogP contribution is 2.21. The number of hydrogen-bond donors (Lipinski definition) is 2. The molecule has 16 heavy (non-hydrogen) atoms. The summed E-state index contributed by atoms with van der Waals surface area (Å²) in [5.74, 6) is 4.74. The minimum absolute atomic E-state index is 0.360. The molecule has 0 spiro atoms. The van der Waals surface area contributed by atoms with E-state index in [9.17, 15) is 4.79 Å². The molecule has 1 aromatic carbocycles. The summed E-state index contributed by atoms with van der Waals surface area (Å²) in [6.45, 7) is 0. The lowest BCUT2D eigenvalue weighted by molar-refractivity contribution is 0.0955. The van der Waals surface area contributed by atoms with Crippen molar-refractivity contribution >= 4 is 16.8 Å². The number of fused-ring (bicyclic) bond motifs is 1. The summed E-state index contributed by atoms with van der Waals surface area (Å²) in [5.41, 5.74) is 3.96. The van der Waals surface area contributed by atoms with Crippen LogP contribution < -0.4 is 11.3 Å². The van der Waals surface area contributed by atoms with Crippen molar-refractivity contribution in [2.45, 2.75) is 0 Å². The Morgan fingerprint density at radius 3 is 2.94 bits per heavy atom. The number of hydrogen-bond acceptors (Lipinski definition) is 3. The normalized spacial score (nSPS) is 10.1. The molecule has 2 aromatic rings. The Hall–Kier alpha value is -2.32. The molecule has 0 aliphatic rings. The summed E-state index contributed by atoms with van der Waals surface area (Å²) in [6, 6.07) is 7.24. The fourth-order valence-corrected chi connectivity index (χ4v) is 1.72. The lowest BCUT2D eigenvalue weighted by atomic mass is 10.1. The third-order valence-electron chi connectivity index (χ3n) is 2.49. The minimum atomic E-state index is -0.360. The molecule has 0 fully saturated rings. The van der Waals surface area contributed by atoms with Crippen LogP contribution in [0.15, 0.2) is 24.4 Å². The third kappa shape index (κ3) is 1.42. The van der Waals surface area contributed by atoms with E-state index in [2.05, 4.69) is 5.43 Å². The van der Waals surface area contributed by atoms with E-state index in [1.54, 1.807) is 24.4 Å². The molecule has 0 aliphatic heterocycles. The predicted molar refractivity (Wildman–Crippen MR) is 59.3 cm³/mol. The van der Waals surface area contributed by atoms with Gasteiger partial charge < -0.3 is 4.57 Å². The Kier molecular flexibility index (Phi) is 2.35. The van der Waals surface area contributed by atoms with Gasteiger partial charge in [-0.2, -0.15) is 5.26 Å². The van der Waals surface area contributed by atoms with Gasteiger partial charge in [0.15, 0.2) is 0 Å². The first-order valence-corrected chi connectivity index (χ1v) is 4.67. The minimum Gasteiger partial charge on any atom is -0.350 e. The third-order valence-corrected chi connectivity index (χ3v) is 2.49.